The lowest BCUT2D eigenvalue weighted by molar-refractivity contribution is 0.0699. The fraction of sp³-hybridized carbons (Fsp3) is 0.231. The molecule has 0 saturated heterocycles. The van der Waals surface area contributed by atoms with Gasteiger partial charge in [-0.2, -0.15) is 0 Å². The molecule has 0 aliphatic heterocycles. The summed E-state index contributed by atoms with van der Waals surface area (Å²) in [6, 6.07) is 4.76. The average molecular weight is 231 g/mol. The van der Waals surface area contributed by atoms with Crippen LogP contribution >= 0.6 is 0 Å². The van der Waals surface area contributed by atoms with Gasteiger partial charge < -0.3 is 10.1 Å². The fourth-order valence-corrected chi connectivity index (χ4v) is 1.98. The first-order valence-corrected chi connectivity index (χ1v) is 5.40. The first-order chi connectivity index (χ1) is 8.02. The van der Waals surface area contributed by atoms with Crippen LogP contribution in [0.3, 0.4) is 0 Å². The van der Waals surface area contributed by atoms with Crippen molar-refractivity contribution in [2.75, 3.05) is 0 Å². The van der Waals surface area contributed by atoms with Gasteiger partial charge in [0.2, 0.25) is 0 Å². The molecule has 0 saturated carbocycles. The third kappa shape index (κ3) is 1.82. The number of aromatic amines is 1. The van der Waals surface area contributed by atoms with Crippen LogP contribution < -0.4 is 5.56 Å². The number of pyridine rings is 1. The Balaban J connectivity index is 2.99. The summed E-state index contributed by atoms with van der Waals surface area (Å²) in [6.07, 6.45) is 1.60. The first kappa shape index (κ1) is 11.4. The van der Waals surface area contributed by atoms with Crippen LogP contribution in [0.15, 0.2) is 29.2 Å². The number of hydrogen-bond acceptors (Lipinski definition) is 2. The lowest BCUT2D eigenvalue weighted by Gasteiger charge is -2.11. The Morgan fingerprint density at radius 3 is 2.65 bits per heavy atom. The number of aromatic carboxylic acids is 1. The van der Waals surface area contributed by atoms with Gasteiger partial charge in [0.1, 0.15) is 0 Å². The third-order valence-electron chi connectivity index (χ3n) is 2.81. The molecule has 0 aliphatic rings. The highest BCUT2D eigenvalue weighted by molar-refractivity contribution is 6.04. The van der Waals surface area contributed by atoms with Crippen LogP contribution in [0.4, 0.5) is 0 Å². The Kier molecular flexibility index (Phi) is 2.71. The summed E-state index contributed by atoms with van der Waals surface area (Å²) in [5.41, 5.74) is 0.766. The number of nitrogens with one attached hydrogen (secondary N) is 1. The van der Waals surface area contributed by atoms with Gasteiger partial charge in [-0.25, -0.2) is 4.79 Å². The Bertz CT molecular complexity index is 641. The minimum absolute atomic E-state index is 0.148. The normalized spacial score (nSPS) is 11.0. The van der Waals surface area contributed by atoms with Crippen LogP contribution in [0.25, 0.3) is 10.8 Å². The van der Waals surface area contributed by atoms with Gasteiger partial charge in [-0.3, -0.25) is 4.79 Å². The smallest absolute Gasteiger partial charge is 0.336 e. The molecule has 0 fully saturated rings. The van der Waals surface area contributed by atoms with Gasteiger partial charge in [-0.05, 0) is 23.6 Å². The highest BCUT2D eigenvalue weighted by atomic mass is 16.4. The summed E-state index contributed by atoms with van der Waals surface area (Å²) in [5.74, 6) is -0.863. The molecule has 4 heteroatoms. The van der Waals surface area contributed by atoms with E-state index in [4.69, 9.17) is 5.11 Å². The molecule has 0 unspecified atom stereocenters. The second-order valence-electron chi connectivity index (χ2n) is 4.26. The SMILES string of the molecule is CC(C)c1c[nH]c(=O)c2cccc(C(=O)O)c12. The van der Waals surface area contributed by atoms with Crippen molar-refractivity contribution in [2.45, 2.75) is 19.8 Å². The van der Waals surface area contributed by atoms with Gasteiger partial charge in [-0.15, -0.1) is 0 Å². The van der Waals surface area contributed by atoms with Crippen LogP contribution in [0, 0.1) is 0 Å². The van der Waals surface area contributed by atoms with Crippen molar-refractivity contribution in [3.63, 3.8) is 0 Å². The Hall–Kier alpha value is -2.10. The zero-order valence-corrected chi connectivity index (χ0v) is 9.65. The monoisotopic (exact) mass is 231 g/mol. The van der Waals surface area contributed by atoms with Gasteiger partial charge in [0.25, 0.3) is 5.56 Å². The number of carbonyl (C=O) groups is 1. The van der Waals surface area contributed by atoms with Gasteiger partial charge in [0.15, 0.2) is 0 Å². The van der Waals surface area contributed by atoms with E-state index in [1.54, 1.807) is 18.3 Å². The van der Waals surface area contributed by atoms with E-state index >= 15 is 0 Å². The van der Waals surface area contributed by atoms with Crippen LogP contribution in [0.2, 0.25) is 0 Å². The molecular formula is C13H13NO3. The van der Waals surface area contributed by atoms with Crippen LogP contribution in [-0.4, -0.2) is 16.1 Å². The van der Waals surface area contributed by atoms with E-state index in [-0.39, 0.29) is 17.0 Å². The van der Waals surface area contributed by atoms with Gasteiger partial charge in [0.05, 0.1) is 5.56 Å². The molecule has 88 valence electrons. The molecule has 2 rings (SSSR count). The van der Waals surface area contributed by atoms with Crippen molar-refractivity contribution < 1.29 is 9.90 Å². The van der Waals surface area contributed by atoms with Crippen LogP contribution in [-0.2, 0) is 0 Å². The van der Waals surface area contributed by atoms with Crippen molar-refractivity contribution in [3.8, 4) is 0 Å². The quantitative estimate of drug-likeness (QED) is 0.833. The molecule has 4 nitrogen and oxygen atoms in total. The number of carboxylic acid groups (broad SMARTS) is 1. The van der Waals surface area contributed by atoms with E-state index in [2.05, 4.69) is 4.98 Å². The lowest BCUT2D eigenvalue weighted by Crippen LogP contribution is -2.11. The Morgan fingerprint density at radius 1 is 1.35 bits per heavy atom. The molecule has 0 atom stereocenters. The maximum Gasteiger partial charge on any atom is 0.336 e. The van der Waals surface area contributed by atoms with Gasteiger partial charge in [-0.1, -0.05) is 19.9 Å². The zero-order chi connectivity index (χ0) is 12.6. The summed E-state index contributed by atoms with van der Waals surface area (Å²) in [4.78, 5) is 25.5. The molecule has 1 aromatic heterocycles. The molecule has 0 spiro atoms. The van der Waals surface area contributed by atoms with Gasteiger partial charge in [0, 0.05) is 17.0 Å². The van der Waals surface area contributed by atoms with E-state index in [0.717, 1.165) is 5.56 Å². The maximum atomic E-state index is 11.7. The average Bonchev–Trinajstić information content (AvgIpc) is 2.28. The van der Waals surface area contributed by atoms with Crippen molar-refractivity contribution in [1.82, 2.24) is 4.98 Å². The van der Waals surface area contributed by atoms with Crippen molar-refractivity contribution >= 4 is 16.7 Å². The number of benzene rings is 1. The molecule has 1 heterocycles. The summed E-state index contributed by atoms with van der Waals surface area (Å²) >= 11 is 0. The van der Waals surface area contributed by atoms with Gasteiger partial charge >= 0.3 is 5.97 Å². The Morgan fingerprint density at radius 2 is 2.06 bits per heavy atom. The van der Waals surface area contributed by atoms with Crippen molar-refractivity contribution in [1.29, 1.82) is 0 Å². The minimum Gasteiger partial charge on any atom is -0.478 e. The molecule has 0 amide bonds. The number of H-pyrrole nitrogens is 1. The standard InChI is InChI=1S/C13H13NO3/c1-7(2)10-6-14-12(15)8-4-3-5-9(11(8)10)13(16)17/h3-7H,1-2H3,(H,14,15)(H,16,17). The van der Waals surface area contributed by atoms with E-state index in [1.807, 2.05) is 13.8 Å². The number of rotatable bonds is 2. The molecule has 2 N–H and O–H groups in total. The maximum absolute atomic E-state index is 11.7. The molecule has 0 aliphatic carbocycles. The van der Waals surface area contributed by atoms with Crippen molar-refractivity contribution in [2.24, 2.45) is 0 Å². The predicted molar refractivity (Wildman–Crippen MR) is 65.6 cm³/mol. The molecular weight excluding hydrogens is 218 g/mol. The largest absolute Gasteiger partial charge is 0.478 e. The molecule has 1 aromatic carbocycles. The number of carboxylic acids is 1. The molecule has 0 bridgehead atoms. The number of hydrogen-bond donors (Lipinski definition) is 2. The summed E-state index contributed by atoms with van der Waals surface area (Å²) in [6.45, 7) is 3.93. The summed E-state index contributed by atoms with van der Waals surface area (Å²) in [7, 11) is 0. The van der Waals surface area contributed by atoms with E-state index in [9.17, 15) is 9.59 Å². The van der Waals surface area contributed by atoms with E-state index in [0.29, 0.717) is 10.8 Å². The first-order valence-electron chi connectivity index (χ1n) is 5.40. The van der Waals surface area contributed by atoms with Crippen molar-refractivity contribution in [3.05, 3.63) is 45.9 Å². The topological polar surface area (TPSA) is 70.2 Å². The second kappa shape index (κ2) is 4.05. The molecule has 2 aromatic rings. The number of aromatic nitrogens is 1. The summed E-state index contributed by atoms with van der Waals surface area (Å²) in [5, 5.41) is 10.1. The van der Waals surface area contributed by atoms with E-state index < -0.39 is 5.97 Å². The highest BCUT2D eigenvalue weighted by Crippen LogP contribution is 2.25. The third-order valence-corrected chi connectivity index (χ3v) is 2.81. The van der Waals surface area contributed by atoms with Crippen LogP contribution in [0.5, 0.6) is 0 Å². The lowest BCUT2D eigenvalue weighted by atomic mass is 9.95. The fourth-order valence-electron chi connectivity index (χ4n) is 1.98. The van der Waals surface area contributed by atoms with E-state index in [1.165, 1.54) is 6.07 Å². The zero-order valence-electron chi connectivity index (χ0n) is 9.65. The summed E-state index contributed by atoms with van der Waals surface area (Å²) < 4.78 is 0. The highest BCUT2D eigenvalue weighted by Gasteiger charge is 2.15. The second-order valence-corrected chi connectivity index (χ2v) is 4.26. The predicted octanol–water partition coefficient (Wildman–Crippen LogP) is 2.35. The molecule has 0 radical (unpaired) electrons. The van der Waals surface area contributed by atoms with Crippen LogP contribution in [0.1, 0.15) is 35.7 Å². The Labute approximate surface area is 97.9 Å². The minimum atomic E-state index is -1.01. The number of fused-ring (bicyclic) bond motifs is 1. The molecule has 17 heavy (non-hydrogen) atoms.